The number of amides is 1. The van der Waals surface area contributed by atoms with Gasteiger partial charge in [-0.15, -0.1) is 0 Å². The number of rotatable bonds is 4. The topological polar surface area (TPSA) is 55.6 Å². The molecule has 4 heteroatoms. The maximum Gasteiger partial charge on any atom is 0.265 e. The lowest BCUT2D eigenvalue weighted by molar-refractivity contribution is -0.121. The first-order valence-electron chi connectivity index (χ1n) is 5.96. The molecule has 0 saturated heterocycles. The van der Waals surface area contributed by atoms with Crippen molar-refractivity contribution in [3.05, 3.63) is 24.3 Å². The van der Waals surface area contributed by atoms with E-state index in [2.05, 4.69) is 0 Å². The molecule has 0 aromatic heterocycles. The standard InChI is InChI=1S/C13H18N2O2/c1-10(14)5-4-8-15-11-6-2-3-7-12(11)17-9-13(15)16/h2-3,6-7,10H,4-5,8-9,14H2,1H3. The van der Waals surface area contributed by atoms with Gasteiger partial charge >= 0.3 is 0 Å². The van der Waals surface area contributed by atoms with E-state index in [1.807, 2.05) is 31.2 Å². The molecule has 17 heavy (non-hydrogen) atoms. The average Bonchev–Trinajstić information content (AvgIpc) is 2.32. The molecule has 1 amide bonds. The second kappa shape index (κ2) is 5.19. The molecule has 0 aliphatic carbocycles. The highest BCUT2D eigenvalue weighted by Gasteiger charge is 2.24. The first kappa shape index (κ1) is 11.9. The summed E-state index contributed by atoms with van der Waals surface area (Å²) in [6.45, 7) is 2.82. The highest BCUT2D eigenvalue weighted by atomic mass is 16.5. The van der Waals surface area contributed by atoms with Crippen molar-refractivity contribution in [2.75, 3.05) is 18.1 Å². The summed E-state index contributed by atoms with van der Waals surface area (Å²) >= 11 is 0. The number of benzene rings is 1. The molecule has 2 N–H and O–H groups in total. The molecule has 0 saturated carbocycles. The largest absolute Gasteiger partial charge is 0.482 e. The number of hydrogen-bond donors (Lipinski definition) is 1. The van der Waals surface area contributed by atoms with E-state index in [-0.39, 0.29) is 18.6 Å². The molecule has 92 valence electrons. The number of nitrogens with two attached hydrogens (primary N) is 1. The van der Waals surface area contributed by atoms with E-state index in [9.17, 15) is 4.79 Å². The molecule has 0 fully saturated rings. The van der Waals surface area contributed by atoms with Gasteiger partial charge in [0.05, 0.1) is 5.69 Å². The SMILES string of the molecule is CC(N)CCCN1C(=O)COc2ccccc21. The van der Waals surface area contributed by atoms with E-state index in [1.54, 1.807) is 4.90 Å². The first-order chi connectivity index (χ1) is 8.18. The highest BCUT2D eigenvalue weighted by Crippen LogP contribution is 2.31. The van der Waals surface area contributed by atoms with Crippen LogP contribution in [0, 0.1) is 0 Å². The van der Waals surface area contributed by atoms with Crippen molar-refractivity contribution in [3.63, 3.8) is 0 Å². The van der Waals surface area contributed by atoms with Crippen molar-refractivity contribution < 1.29 is 9.53 Å². The Bertz CT molecular complexity index is 404. The zero-order chi connectivity index (χ0) is 12.3. The fourth-order valence-electron chi connectivity index (χ4n) is 1.97. The van der Waals surface area contributed by atoms with Gasteiger partial charge < -0.3 is 15.4 Å². The molecule has 1 aromatic rings. The predicted molar refractivity (Wildman–Crippen MR) is 67.2 cm³/mol. The lowest BCUT2D eigenvalue weighted by Gasteiger charge is -2.29. The number of carbonyl (C=O) groups is 1. The third kappa shape index (κ3) is 2.77. The van der Waals surface area contributed by atoms with Gasteiger partial charge in [0.25, 0.3) is 5.91 Å². The molecule has 1 unspecified atom stereocenters. The summed E-state index contributed by atoms with van der Waals surface area (Å²) in [7, 11) is 0. The van der Waals surface area contributed by atoms with Crippen molar-refractivity contribution >= 4 is 11.6 Å². The smallest absolute Gasteiger partial charge is 0.265 e. The van der Waals surface area contributed by atoms with Crippen LogP contribution in [0.4, 0.5) is 5.69 Å². The van der Waals surface area contributed by atoms with Gasteiger partial charge in [0.2, 0.25) is 0 Å². The summed E-state index contributed by atoms with van der Waals surface area (Å²) in [5.74, 6) is 0.807. The van der Waals surface area contributed by atoms with Gasteiger partial charge in [-0.2, -0.15) is 0 Å². The van der Waals surface area contributed by atoms with Crippen molar-refractivity contribution in [3.8, 4) is 5.75 Å². The molecule has 0 radical (unpaired) electrons. The summed E-state index contributed by atoms with van der Waals surface area (Å²) in [4.78, 5) is 13.6. The second-order valence-corrected chi connectivity index (χ2v) is 4.42. The van der Waals surface area contributed by atoms with Gasteiger partial charge in [-0.1, -0.05) is 12.1 Å². The average molecular weight is 234 g/mol. The predicted octanol–water partition coefficient (Wildman–Crippen LogP) is 1.54. The van der Waals surface area contributed by atoms with Crippen LogP contribution in [0.25, 0.3) is 0 Å². The number of ether oxygens (including phenoxy) is 1. The second-order valence-electron chi connectivity index (χ2n) is 4.42. The van der Waals surface area contributed by atoms with Gasteiger partial charge in [0.1, 0.15) is 5.75 Å². The number of nitrogens with zero attached hydrogens (tertiary/aromatic N) is 1. The normalized spacial score (nSPS) is 16.4. The molecule has 1 atom stereocenters. The summed E-state index contributed by atoms with van der Waals surface area (Å²) in [6, 6.07) is 7.81. The third-order valence-electron chi connectivity index (χ3n) is 2.85. The Labute approximate surface area is 101 Å². The Kier molecular flexibility index (Phi) is 3.64. The Hall–Kier alpha value is -1.55. The lowest BCUT2D eigenvalue weighted by atomic mass is 10.1. The summed E-state index contributed by atoms with van der Waals surface area (Å²) in [6.07, 6.45) is 1.84. The number of para-hydroxylation sites is 2. The summed E-state index contributed by atoms with van der Waals surface area (Å²) in [5, 5.41) is 0. The summed E-state index contributed by atoms with van der Waals surface area (Å²) in [5.41, 5.74) is 6.58. The van der Waals surface area contributed by atoms with Gasteiger partial charge in [0.15, 0.2) is 6.61 Å². The van der Waals surface area contributed by atoms with Gasteiger partial charge in [0, 0.05) is 12.6 Å². The van der Waals surface area contributed by atoms with Crippen LogP contribution in [-0.4, -0.2) is 25.1 Å². The van der Waals surface area contributed by atoms with E-state index >= 15 is 0 Å². The Morgan fingerprint density at radius 2 is 2.24 bits per heavy atom. The van der Waals surface area contributed by atoms with Gasteiger partial charge in [-0.05, 0) is 31.9 Å². The minimum absolute atomic E-state index is 0.0216. The van der Waals surface area contributed by atoms with E-state index in [0.29, 0.717) is 6.54 Å². The van der Waals surface area contributed by atoms with Crippen molar-refractivity contribution in [1.29, 1.82) is 0 Å². The van der Waals surface area contributed by atoms with E-state index < -0.39 is 0 Å². The van der Waals surface area contributed by atoms with Crippen LogP contribution in [0.1, 0.15) is 19.8 Å². The number of carbonyl (C=O) groups excluding carboxylic acids is 1. The third-order valence-corrected chi connectivity index (χ3v) is 2.85. The fraction of sp³-hybridized carbons (Fsp3) is 0.462. The monoisotopic (exact) mass is 234 g/mol. The molecule has 0 bridgehead atoms. The van der Waals surface area contributed by atoms with E-state index in [1.165, 1.54) is 0 Å². The van der Waals surface area contributed by atoms with Crippen LogP contribution < -0.4 is 15.4 Å². The molecule has 1 aliphatic heterocycles. The zero-order valence-corrected chi connectivity index (χ0v) is 10.1. The number of anilines is 1. The molecule has 4 nitrogen and oxygen atoms in total. The van der Waals surface area contributed by atoms with E-state index in [4.69, 9.17) is 10.5 Å². The maximum absolute atomic E-state index is 11.8. The van der Waals surface area contributed by atoms with Crippen LogP contribution in [0.15, 0.2) is 24.3 Å². The molecule has 1 aliphatic rings. The van der Waals surface area contributed by atoms with E-state index in [0.717, 1.165) is 24.3 Å². The Morgan fingerprint density at radius 3 is 3.00 bits per heavy atom. The Morgan fingerprint density at radius 1 is 1.47 bits per heavy atom. The van der Waals surface area contributed by atoms with Crippen molar-refractivity contribution in [2.45, 2.75) is 25.8 Å². The Balaban J connectivity index is 2.07. The summed E-state index contributed by atoms with van der Waals surface area (Å²) < 4.78 is 5.38. The van der Waals surface area contributed by atoms with Gasteiger partial charge in [-0.3, -0.25) is 4.79 Å². The van der Waals surface area contributed by atoms with Crippen molar-refractivity contribution in [1.82, 2.24) is 0 Å². The number of fused-ring (bicyclic) bond motifs is 1. The minimum Gasteiger partial charge on any atom is -0.482 e. The fourth-order valence-corrected chi connectivity index (χ4v) is 1.97. The first-order valence-corrected chi connectivity index (χ1v) is 5.96. The maximum atomic E-state index is 11.8. The minimum atomic E-state index is 0.0216. The molecule has 1 heterocycles. The zero-order valence-electron chi connectivity index (χ0n) is 10.1. The lowest BCUT2D eigenvalue weighted by Crippen LogP contribution is -2.39. The molecule has 0 spiro atoms. The number of hydrogen-bond acceptors (Lipinski definition) is 3. The van der Waals surface area contributed by atoms with Crippen LogP contribution >= 0.6 is 0 Å². The molecular weight excluding hydrogens is 216 g/mol. The van der Waals surface area contributed by atoms with Crippen molar-refractivity contribution in [2.24, 2.45) is 5.73 Å². The molecule has 2 rings (SSSR count). The molecular formula is C13H18N2O2. The van der Waals surface area contributed by atoms with Crippen LogP contribution in [0.5, 0.6) is 5.75 Å². The quantitative estimate of drug-likeness (QED) is 0.859. The van der Waals surface area contributed by atoms with Crippen LogP contribution in [-0.2, 0) is 4.79 Å². The molecule has 1 aromatic carbocycles. The van der Waals surface area contributed by atoms with Crippen LogP contribution in [0.3, 0.4) is 0 Å². The van der Waals surface area contributed by atoms with Gasteiger partial charge in [-0.25, -0.2) is 0 Å². The highest BCUT2D eigenvalue weighted by molar-refractivity contribution is 5.97. The van der Waals surface area contributed by atoms with Crippen LogP contribution in [0.2, 0.25) is 0 Å².